The van der Waals surface area contributed by atoms with Gasteiger partial charge in [0.25, 0.3) is 5.91 Å². The Hall–Kier alpha value is -3.28. The summed E-state index contributed by atoms with van der Waals surface area (Å²) in [4.78, 5) is 16.8. The van der Waals surface area contributed by atoms with Gasteiger partial charge in [0.1, 0.15) is 11.3 Å². The molecule has 6 heteroatoms. The predicted molar refractivity (Wildman–Crippen MR) is 109 cm³/mol. The third kappa shape index (κ3) is 4.71. The van der Waals surface area contributed by atoms with E-state index in [2.05, 4.69) is 17.2 Å². The molecule has 3 rings (SSSR count). The number of anilines is 1. The molecule has 3 aromatic rings. The van der Waals surface area contributed by atoms with Gasteiger partial charge in [0, 0.05) is 11.6 Å². The Morgan fingerprint density at radius 3 is 2.61 bits per heavy atom. The number of nitrogens with one attached hydrogen (secondary N) is 1. The molecule has 2 aromatic carbocycles. The smallest absolute Gasteiger partial charge is 0.262 e. The van der Waals surface area contributed by atoms with Gasteiger partial charge in [-0.3, -0.25) is 9.78 Å². The number of rotatable bonds is 9. The zero-order chi connectivity index (χ0) is 19.8. The summed E-state index contributed by atoms with van der Waals surface area (Å²) in [6.45, 7) is 2.63. The number of aromatic nitrogens is 1. The summed E-state index contributed by atoms with van der Waals surface area (Å²) in [5.41, 5.74) is 1.39. The molecule has 1 amide bonds. The molecule has 146 valence electrons. The number of carbonyl (C=O) groups excluding carboxylic acids is 1. The Labute approximate surface area is 164 Å². The number of nitrogens with zero attached hydrogens (tertiary/aromatic N) is 1. The lowest BCUT2D eigenvalue weighted by Crippen LogP contribution is -2.20. The highest BCUT2D eigenvalue weighted by atomic mass is 16.5. The molecule has 0 spiro atoms. The highest BCUT2D eigenvalue weighted by molar-refractivity contribution is 6.03. The average molecular weight is 380 g/mol. The van der Waals surface area contributed by atoms with Crippen molar-refractivity contribution in [3.05, 3.63) is 54.7 Å². The number of pyridine rings is 1. The van der Waals surface area contributed by atoms with E-state index in [1.807, 2.05) is 36.4 Å². The molecule has 0 bridgehead atoms. The number of methoxy groups -OCH3 is 1. The zero-order valence-electron chi connectivity index (χ0n) is 16.1. The van der Waals surface area contributed by atoms with Crippen LogP contribution >= 0.6 is 0 Å². The summed E-state index contributed by atoms with van der Waals surface area (Å²) in [6.07, 6.45) is 3.75. The summed E-state index contributed by atoms with van der Waals surface area (Å²) < 4.78 is 16.7. The van der Waals surface area contributed by atoms with Crippen LogP contribution in [0.5, 0.6) is 17.2 Å². The Morgan fingerprint density at radius 1 is 1.00 bits per heavy atom. The van der Waals surface area contributed by atoms with Crippen LogP contribution in [-0.2, 0) is 4.79 Å². The summed E-state index contributed by atoms with van der Waals surface area (Å²) >= 11 is 0. The van der Waals surface area contributed by atoms with Gasteiger partial charge in [-0.25, -0.2) is 0 Å². The first-order valence-corrected chi connectivity index (χ1v) is 9.29. The molecular weight excluding hydrogens is 356 g/mol. The lowest BCUT2D eigenvalue weighted by molar-refractivity contribution is -0.118. The van der Waals surface area contributed by atoms with Crippen LogP contribution in [0, 0.1) is 0 Å². The summed E-state index contributed by atoms with van der Waals surface area (Å²) in [7, 11) is 1.56. The van der Waals surface area contributed by atoms with Gasteiger partial charge in [-0.2, -0.15) is 0 Å². The first-order valence-electron chi connectivity index (χ1n) is 9.29. The highest BCUT2D eigenvalue weighted by Crippen LogP contribution is 2.30. The topological polar surface area (TPSA) is 69.7 Å². The van der Waals surface area contributed by atoms with Crippen molar-refractivity contribution in [1.82, 2.24) is 4.98 Å². The van der Waals surface area contributed by atoms with Gasteiger partial charge >= 0.3 is 0 Å². The first-order chi connectivity index (χ1) is 13.7. The van der Waals surface area contributed by atoms with Gasteiger partial charge in [0.05, 0.1) is 19.4 Å². The van der Waals surface area contributed by atoms with Crippen molar-refractivity contribution in [3.8, 4) is 17.2 Å². The largest absolute Gasteiger partial charge is 0.493 e. The van der Waals surface area contributed by atoms with Gasteiger partial charge < -0.3 is 19.5 Å². The second-order valence-electron chi connectivity index (χ2n) is 6.20. The van der Waals surface area contributed by atoms with E-state index in [1.165, 1.54) is 0 Å². The number of hydrogen-bond donors (Lipinski definition) is 1. The van der Waals surface area contributed by atoms with Crippen LogP contribution in [0.25, 0.3) is 10.9 Å². The normalized spacial score (nSPS) is 10.5. The van der Waals surface area contributed by atoms with E-state index in [4.69, 9.17) is 14.2 Å². The maximum atomic E-state index is 12.4. The lowest BCUT2D eigenvalue weighted by Gasteiger charge is -2.13. The number of unbranched alkanes of at least 4 members (excludes halogenated alkanes) is 1. The number of carbonyl (C=O) groups is 1. The van der Waals surface area contributed by atoms with Crippen molar-refractivity contribution in [2.75, 3.05) is 25.6 Å². The monoisotopic (exact) mass is 380 g/mol. The van der Waals surface area contributed by atoms with Crippen LogP contribution in [0.2, 0.25) is 0 Å². The van der Waals surface area contributed by atoms with E-state index in [0.29, 0.717) is 29.5 Å². The Balaban J connectivity index is 1.71. The van der Waals surface area contributed by atoms with E-state index in [1.54, 1.807) is 25.4 Å². The fraction of sp³-hybridized carbons (Fsp3) is 0.273. The standard InChI is InChI=1S/C22H24N2O4/c1-3-4-14-27-20-12-11-17(16-8-7-13-23-22(16)20)24-21(25)15-28-19-10-6-5-9-18(19)26-2/h5-13H,3-4,14-15H2,1-2H3,(H,24,25). The molecule has 1 aromatic heterocycles. The molecule has 1 N–H and O–H groups in total. The third-order valence-corrected chi connectivity index (χ3v) is 4.19. The average Bonchev–Trinajstić information content (AvgIpc) is 2.74. The second kappa shape index (κ2) is 9.60. The molecule has 0 saturated heterocycles. The quantitative estimate of drug-likeness (QED) is 0.556. The van der Waals surface area contributed by atoms with Crippen LogP contribution in [0.4, 0.5) is 5.69 Å². The van der Waals surface area contributed by atoms with Crippen molar-refractivity contribution in [3.63, 3.8) is 0 Å². The number of para-hydroxylation sites is 2. The molecular formula is C22H24N2O4. The van der Waals surface area contributed by atoms with Crippen molar-refractivity contribution in [1.29, 1.82) is 0 Å². The molecule has 0 aliphatic heterocycles. The van der Waals surface area contributed by atoms with E-state index < -0.39 is 0 Å². The van der Waals surface area contributed by atoms with E-state index >= 15 is 0 Å². The molecule has 0 atom stereocenters. The molecule has 6 nitrogen and oxygen atoms in total. The first kappa shape index (κ1) is 19.5. The van der Waals surface area contributed by atoms with Crippen molar-refractivity contribution >= 4 is 22.5 Å². The summed E-state index contributed by atoms with van der Waals surface area (Å²) in [5, 5.41) is 3.71. The molecule has 28 heavy (non-hydrogen) atoms. The summed E-state index contributed by atoms with van der Waals surface area (Å²) in [5.74, 6) is 1.55. The second-order valence-corrected chi connectivity index (χ2v) is 6.20. The van der Waals surface area contributed by atoms with E-state index in [9.17, 15) is 4.79 Å². The molecule has 0 saturated carbocycles. The fourth-order valence-electron chi connectivity index (χ4n) is 2.77. The highest BCUT2D eigenvalue weighted by Gasteiger charge is 2.12. The Morgan fingerprint density at radius 2 is 1.82 bits per heavy atom. The van der Waals surface area contributed by atoms with Crippen LogP contribution < -0.4 is 19.5 Å². The van der Waals surface area contributed by atoms with Crippen LogP contribution in [0.1, 0.15) is 19.8 Å². The van der Waals surface area contributed by atoms with E-state index in [0.717, 1.165) is 23.7 Å². The zero-order valence-corrected chi connectivity index (χ0v) is 16.1. The van der Waals surface area contributed by atoms with Gasteiger partial charge in [-0.05, 0) is 42.8 Å². The number of hydrogen-bond acceptors (Lipinski definition) is 5. The maximum absolute atomic E-state index is 12.4. The number of benzene rings is 2. The van der Waals surface area contributed by atoms with Crippen LogP contribution in [-0.4, -0.2) is 31.2 Å². The van der Waals surface area contributed by atoms with Crippen molar-refractivity contribution < 1.29 is 19.0 Å². The lowest BCUT2D eigenvalue weighted by atomic mass is 10.1. The molecule has 0 aliphatic carbocycles. The maximum Gasteiger partial charge on any atom is 0.262 e. The Kier molecular flexibility index (Phi) is 6.68. The minimum Gasteiger partial charge on any atom is -0.493 e. The molecule has 0 aliphatic rings. The SMILES string of the molecule is CCCCOc1ccc(NC(=O)COc2ccccc2OC)c2cccnc12. The third-order valence-electron chi connectivity index (χ3n) is 4.19. The van der Waals surface area contributed by atoms with Gasteiger partial charge in [-0.1, -0.05) is 25.5 Å². The van der Waals surface area contributed by atoms with Crippen LogP contribution in [0.3, 0.4) is 0 Å². The molecule has 0 radical (unpaired) electrons. The number of ether oxygens (including phenoxy) is 3. The van der Waals surface area contributed by atoms with Gasteiger partial charge in [-0.15, -0.1) is 0 Å². The van der Waals surface area contributed by atoms with Crippen LogP contribution in [0.15, 0.2) is 54.7 Å². The Bertz CT molecular complexity index is 943. The van der Waals surface area contributed by atoms with Gasteiger partial charge in [0.15, 0.2) is 18.1 Å². The number of fused-ring (bicyclic) bond motifs is 1. The van der Waals surface area contributed by atoms with Crippen molar-refractivity contribution in [2.45, 2.75) is 19.8 Å². The fourth-order valence-corrected chi connectivity index (χ4v) is 2.77. The minimum absolute atomic E-state index is 0.128. The van der Waals surface area contributed by atoms with E-state index in [-0.39, 0.29) is 12.5 Å². The molecule has 0 fully saturated rings. The molecule has 0 unspecified atom stereocenters. The summed E-state index contributed by atoms with van der Waals surface area (Å²) in [6, 6.07) is 14.6. The van der Waals surface area contributed by atoms with Gasteiger partial charge in [0.2, 0.25) is 0 Å². The molecule has 1 heterocycles. The van der Waals surface area contributed by atoms with Crippen molar-refractivity contribution in [2.24, 2.45) is 0 Å². The minimum atomic E-state index is -0.268. The number of amides is 1. The predicted octanol–water partition coefficient (Wildman–Crippen LogP) is 4.44.